The zero-order valence-corrected chi connectivity index (χ0v) is 16.8. The number of nitrogens with one attached hydrogen (secondary N) is 1. The van der Waals surface area contributed by atoms with Crippen LogP contribution >= 0.6 is 0 Å². The molecule has 0 saturated carbocycles. The van der Waals surface area contributed by atoms with Crippen molar-refractivity contribution in [3.63, 3.8) is 0 Å². The second-order valence-electron chi connectivity index (χ2n) is 7.16. The summed E-state index contributed by atoms with van der Waals surface area (Å²) in [7, 11) is 0. The maximum absolute atomic E-state index is 11.2. The van der Waals surface area contributed by atoms with Gasteiger partial charge in [-0.05, 0) is 56.2 Å². The van der Waals surface area contributed by atoms with E-state index >= 15 is 0 Å². The number of nitriles is 1. The number of nitro groups is 1. The van der Waals surface area contributed by atoms with Crippen LogP contribution in [0.25, 0.3) is 28.4 Å². The number of hydrogen-bond donors (Lipinski definition) is 1. The molecule has 2 aromatic carbocycles. The molecule has 0 atom stereocenters. The molecule has 4 rings (SSSR count). The molecule has 0 aliphatic carbocycles. The predicted molar refractivity (Wildman–Crippen MR) is 116 cm³/mol. The zero-order chi connectivity index (χ0) is 21.4. The van der Waals surface area contributed by atoms with E-state index in [1.54, 1.807) is 18.2 Å². The summed E-state index contributed by atoms with van der Waals surface area (Å²) in [6.07, 6.45) is 1.79. The van der Waals surface area contributed by atoms with Crippen LogP contribution in [0.2, 0.25) is 0 Å². The maximum atomic E-state index is 11.2. The van der Waals surface area contributed by atoms with Crippen LogP contribution < -0.4 is 0 Å². The molecule has 4 aromatic rings. The molecule has 0 radical (unpaired) electrons. The maximum Gasteiger partial charge on any atom is 0.271 e. The summed E-state index contributed by atoms with van der Waals surface area (Å²) in [5.74, 6) is 0.509. The molecule has 2 heterocycles. The highest BCUT2D eigenvalue weighted by Crippen LogP contribution is 2.29. The number of hydrogen-bond acceptors (Lipinski definition) is 4. The number of aromatic amines is 1. The Balaban J connectivity index is 1.83. The van der Waals surface area contributed by atoms with Crippen LogP contribution in [-0.4, -0.2) is 19.5 Å². The van der Waals surface area contributed by atoms with E-state index in [2.05, 4.69) is 16.0 Å². The Bertz CT molecular complexity index is 1340. The minimum absolute atomic E-state index is 0.0418. The molecule has 0 aliphatic rings. The van der Waals surface area contributed by atoms with Gasteiger partial charge in [0.25, 0.3) is 5.69 Å². The first-order valence-corrected chi connectivity index (χ1v) is 9.40. The van der Waals surface area contributed by atoms with Gasteiger partial charge in [-0.2, -0.15) is 5.26 Å². The van der Waals surface area contributed by atoms with Gasteiger partial charge in [-0.25, -0.2) is 4.98 Å². The van der Waals surface area contributed by atoms with Gasteiger partial charge >= 0.3 is 0 Å². The number of imidazole rings is 1. The molecule has 30 heavy (non-hydrogen) atoms. The highest BCUT2D eigenvalue weighted by Gasteiger charge is 2.16. The molecule has 7 heteroatoms. The van der Waals surface area contributed by atoms with Crippen molar-refractivity contribution in [3.8, 4) is 11.8 Å². The highest BCUT2D eigenvalue weighted by atomic mass is 16.6. The third-order valence-corrected chi connectivity index (χ3v) is 5.18. The third kappa shape index (κ3) is 3.25. The zero-order valence-electron chi connectivity index (χ0n) is 16.8. The van der Waals surface area contributed by atoms with Gasteiger partial charge in [0.05, 0.1) is 27.2 Å². The lowest BCUT2D eigenvalue weighted by Gasteiger charge is -2.12. The number of H-pyrrole nitrogens is 1. The number of benzene rings is 2. The molecule has 0 bridgehead atoms. The quantitative estimate of drug-likeness (QED) is 0.289. The minimum atomic E-state index is -0.396. The van der Waals surface area contributed by atoms with Crippen molar-refractivity contribution in [2.45, 2.75) is 20.8 Å². The second kappa shape index (κ2) is 7.33. The Kier molecular flexibility index (Phi) is 4.68. The SMILES string of the molecule is Cc1ccc([N+](=O)[O-])cc1-n1c(C)cc(/C=C(/C#N)c2nc3ccccc3[nH]2)c1C. The van der Waals surface area contributed by atoms with E-state index in [0.29, 0.717) is 11.4 Å². The van der Waals surface area contributed by atoms with E-state index in [4.69, 9.17) is 0 Å². The first-order valence-electron chi connectivity index (χ1n) is 9.40. The van der Waals surface area contributed by atoms with Gasteiger partial charge in [-0.1, -0.05) is 18.2 Å². The summed E-state index contributed by atoms with van der Waals surface area (Å²) in [5, 5.41) is 21.0. The Hall–Kier alpha value is -4.18. The number of allylic oxidation sites excluding steroid dienone is 1. The van der Waals surface area contributed by atoms with Crippen LogP contribution in [0.3, 0.4) is 0 Å². The lowest BCUT2D eigenvalue weighted by Crippen LogP contribution is -2.02. The van der Waals surface area contributed by atoms with Crippen LogP contribution in [0.5, 0.6) is 0 Å². The number of aryl methyl sites for hydroxylation is 2. The molecule has 0 unspecified atom stereocenters. The average Bonchev–Trinajstić information content (AvgIpc) is 3.27. The monoisotopic (exact) mass is 397 g/mol. The molecule has 148 valence electrons. The molecule has 0 amide bonds. The van der Waals surface area contributed by atoms with Gasteiger partial charge in [-0.15, -0.1) is 0 Å². The van der Waals surface area contributed by atoms with Crippen molar-refractivity contribution in [1.29, 1.82) is 5.26 Å². The van der Waals surface area contributed by atoms with E-state index in [9.17, 15) is 15.4 Å². The van der Waals surface area contributed by atoms with Crippen LogP contribution in [0.15, 0.2) is 48.5 Å². The highest BCUT2D eigenvalue weighted by molar-refractivity contribution is 5.90. The van der Waals surface area contributed by atoms with Crippen molar-refractivity contribution < 1.29 is 4.92 Å². The van der Waals surface area contributed by atoms with E-state index in [1.165, 1.54) is 6.07 Å². The van der Waals surface area contributed by atoms with Crippen LogP contribution in [0.1, 0.15) is 28.3 Å². The Morgan fingerprint density at radius 3 is 2.67 bits per heavy atom. The Morgan fingerprint density at radius 1 is 1.20 bits per heavy atom. The fourth-order valence-electron chi connectivity index (χ4n) is 3.65. The van der Waals surface area contributed by atoms with Crippen molar-refractivity contribution in [3.05, 3.63) is 87.0 Å². The molecular formula is C23H19N5O2. The van der Waals surface area contributed by atoms with Gasteiger partial charge in [0.2, 0.25) is 0 Å². The van der Waals surface area contributed by atoms with Crippen molar-refractivity contribution in [1.82, 2.24) is 14.5 Å². The van der Waals surface area contributed by atoms with E-state index in [0.717, 1.165) is 39.2 Å². The van der Waals surface area contributed by atoms with Gasteiger partial charge < -0.3 is 9.55 Å². The number of rotatable bonds is 4. The lowest BCUT2D eigenvalue weighted by molar-refractivity contribution is -0.384. The molecule has 7 nitrogen and oxygen atoms in total. The fourth-order valence-corrected chi connectivity index (χ4v) is 3.65. The average molecular weight is 397 g/mol. The van der Waals surface area contributed by atoms with Gasteiger partial charge in [0.1, 0.15) is 11.9 Å². The van der Waals surface area contributed by atoms with E-state index in [-0.39, 0.29) is 5.69 Å². The van der Waals surface area contributed by atoms with E-state index in [1.807, 2.05) is 55.7 Å². The molecule has 2 aromatic heterocycles. The minimum Gasteiger partial charge on any atom is -0.337 e. The first-order chi connectivity index (χ1) is 14.4. The number of para-hydroxylation sites is 2. The number of nitrogens with zero attached hydrogens (tertiary/aromatic N) is 4. The molecule has 1 N–H and O–H groups in total. The predicted octanol–water partition coefficient (Wildman–Crippen LogP) is 5.25. The summed E-state index contributed by atoms with van der Waals surface area (Å²) in [6, 6.07) is 16.6. The van der Waals surface area contributed by atoms with Crippen molar-refractivity contribution in [2.75, 3.05) is 0 Å². The van der Waals surface area contributed by atoms with Crippen molar-refractivity contribution >= 4 is 28.4 Å². The lowest BCUT2D eigenvalue weighted by atomic mass is 10.1. The van der Waals surface area contributed by atoms with Crippen molar-refractivity contribution in [2.24, 2.45) is 0 Å². The summed E-state index contributed by atoms with van der Waals surface area (Å²) in [5.41, 5.74) is 6.47. The molecule has 0 saturated heterocycles. The largest absolute Gasteiger partial charge is 0.337 e. The summed E-state index contributed by atoms with van der Waals surface area (Å²) < 4.78 is 1.97. The van der Waals surface area contributed by atoms with Crippen LogP contribution in [0.4, 0.5) is 5.69 Å². The first kappa shape index (κ1) is 19.2. The number of non-ortho nitro benzene ring substituents is 1. The third-order valence-electron chi connectivity index (χ3n) is 5.18. The van der Waals surface area contributed by atoms with E-state index < -0.39 is 4.92 Å². The molecule has 0 aliphatic heterocycles. The van der Waals surface area contributed by atoms with Gasteiger partial charge in [0, 0.05) is 23.5 Å². The fraction of sp³-hybridized carbons (Fsp3) is 0.130. The number of nitro benzene ring substituents is 1. The molecular weight excluding hydrogens is 378 g/mol. The summed E-state index contributed by atoms with van der Waals surface area (Å²) in [4.78, 5) is 18.5. The van der Waals surface area contributed by atoms with Gasteiger partial charge in [0.15, 0.2) is 0 Å². The van der Waals surface area contributed by atoms with Crippen LogP contribution in [0, 0.1) is 42.2 Å². The standard InChI is InChI=1S/C23H19N5O2/c1-14-8-9-19(28(29)30)12-22(14)27-15(2)10-17(16(27)3)11-18(13-24)23-25-20-6-4-5-7-21(20)26-23/h4-12H,1-3H3,(H,25,26)/b18-11-. The smallest absolute Gasteiger partial charge is 0.271 e. The van der Waals surface area contributed by atoms with Gasteiger partial charge in [-0.3, -0.25) is 10.1 Å². The molecule has 0 fully saturated rings. The second-order valence-corrected chi connectivity index (χ2v) is 7.16. The topological polar surface area (TPSA) is 101 Å². The summed E-state index contributed by atoms with van der Waals surface area (Å²) in [6.45, 7) is 5.79. The summed E-state index contributed by atoms with van der Waals surface area (Å²) >= 11 is 0. The number of fused-ring (bicyclic) bond motifs is 1. The Labute approximate surface area is 173 Å². The van der Waals surface area contributed by atoms with Crippen LogP contribution in [-0.2, 0) is 0 Å². The Morgan fingerprint density at radius 2 is 1.97 bits per heavy atom. The number of aromatic nitrogens is 3. The molecule has 0 spiro atoms. The normalized spacial score (nSPS) is 11.6.